The molecule has 3 aromatic carbocycles. The van der Waals surface area contributed by atoms with Crippen LogP contribution >= 0.6 is 0 Å². The molecule has 5 rings (SSSR count). The highest BCUT2D eigenvalue weighted by atomic mass is 19.1. The molecule has 6 heteroatoms. The number of fused-ring (bicyclic) bond motifs is 3. The third kappa shape index (κ3) is 3.08. The first-order valence-electron chi connectivity index (χ1n) is 10.1. The van der Waals surface area contributed by atoms with Gasteiger partial charge < -0.3 is 14.7 Å². The number of amides is 1. The van der Waals surface area contributed by atoms with Gasteiger partial charge in [0.25, 0.3) is 5.91 Å². The van der Waals surface area contributed by atoms with Crippen molar-refractivity contribution in [1.29, 1.82) is 0 Å². The molecular formula is C26H19FN2O3. The maximum atomic E-state index is 13.0. The number of rotatable bonds is 5. The van der Waals surface area contributed by atoms with E-state index in [1.807, 2.05) is 36.5 Å². The predicted octanol–water partition coefficient (Wildman–Crippen LogP) is 5.89. The fourth-order valence-electron chi connectivity index (χ4n) is 4.09. The molecule has 2 heterocycles. The molecule has 32 heavy (non-hydrogen) atoms. The Kier molecular flexibility index (Phi) is 4.82. The van der Waals surface area contributed by atoms with E-state index in [1.165, 1.54) is 0 Å². The lowest BCUT2D eigenvalue weighted by Gasteiger charge is -2.07. The largest absolute Gasteiger partial charge is 0.454 e. The van der Waals surface area contributed by atoms with Crippen molar-refractivity contribution >= 4 is 34.1 Å². The lowest BCUT2D eigenvalue weighted by molar-refractivity contribution is 0.0964. The summed E-state index contributed by atoms with van der Waals surface area (Å²) in [5.41, 5.74) is 5.34. The average Bonchev–Trinajstić information content (AvgIpc) is 3.48. The second-order valence-electron chi connectivity index (χ2n) is 7.53. The van der Waals surface area contributed by atoms with Gasteiger partial charge >= 0.3 is 0 Å². The lowest BCUT2D eigenvalue weighted by Crippen LogP contribution is -2.18. The first-order chi connectivity index (χ1) is 15.6. The summed E-state index contributed by atoms with van der Waals surface area (Å²) in [6, 6.07) is 18.0. The van der Waals surface area contributed by atoms with Crippen LogP contribution in [0.25, 0.3) is 44.3 Å². The number of halogens is 1. The van der Waals surface area contributed by atoms with Crippen molar-refractivity contribution in [2.75, 3.05) is 7.05 Å². The molecule has 0 spiro atoms. The molecule has 0 aliphatic rings. The van der Waals surface area contributed by atoms with Gasteiger partial charge in [-0.15, -0.1) is 0 Å². The molecule has 0 aliphatic heterocycles. The van der Waals surface area contributed by atoms with Crippen LogP contribution in [0.1, 0.15) is 26.3 Å². The number of alkyl halides is 1. The van der Waals surface area contributed by atoms with Crippen molar-refractivity contribution in [2.45, 2.75) is 6.67 Å². The van der Waals surface area contributed by atoms with E-state index in [0.29, 0.717) is 39.0 Å². The zero-order valence-corrected chi connectivity index (χ0v) is 17.2. The number of hydrogen-bond acceptors (Lipinski definition) is 3. The standard InChI is InChI=1S/C26H19FN2O3/c1-28-26(31)22-21-12-20(18-4-2-3-16(11-18)14-30)23-19(9-10-29-23)25(21)32-24(22)17-7-5-15(13-27)6-8-17/h2-12,14,29H,13H2,1H3,(H,28,31). The molecule has 0 fully saturated rings. The Morgan fingerprint density at radius 2 is 1.88 bits per heavy atom. The Balaban J connectivity index is 1.84. The number of aromatic amines is 1. The summed E-state index contributed by atoms with van der Waals surface area (Å²) in [7, 11) is 1.57. The summed E-state index contributed by atoms with van der Waals surface area (Å²) in [5, 5.41) is 4.18. The zero-order chi connectivity index (χ0) is 22.2. The average molecular weight is 426 g/mol. The molecule has 0 bridgehead atoms. The third-order valence-electron chi connectivity index (χ3n) is 5.65. The lowest BCUT2D eigenvalue weighted by atomic mass is 9.97. The van der Waals surface area contributed by atoms with Crippen LogP contribution in [-0.2, 0) is 6.67 Å². The maximum Gasteiger partial charge on any atom is 0.255 e. The van der Waals surface area contributed by atoms with Gasteiger partial charge in [0, 0.05) is 40.7 Å². The minimum Gasteiger partial charge on any atom is -0.454 e. The maximum absolute atomic E-state index is 13.0. The van der Waals surface area contributed by atoms with Gasteiger partial charge in [-0.05, 0) is 29.3 Å². The number of hydrogen-bond donors (Lipinski definition) is 2. The van der Waals surface area contributed by atoms with Gasteiger partial charge in [-0.2, -0.15) is 0 Å². The smallest absolute Gasteiger partial charge is 0.255 e. The minimum atomic E-state index is -0.560. The van der Waals surface area contributed by atoms with Gasteiger partial charge in [-0.25, -0.2) is 4.39 Å². The number of nitrogens with one attached hydrogen (secondary N) is 2. The van der Waals surface area contributed by atoms with E-state index in [2.05, 4.69) is 10.3 Å². The predicted molar refractivity (Wildman–Crippen MR) is 123 cm³/mol. The Bertz CT molecular complexity index is 1480. The van der Waals surface area contributed by atoms with E-state index in [4.69, 9.17) is 4.42 Å². The molecule has 158 valence electrons. The van der Waals surface area contributed by atoms with Crippen LogP contribution in [-0.4, -0.2) is 24.2 Å². The Labute approximate surface area is 182 Å². The van der Waals surface area contributed by atoms with E-state index in [0.717, 1.165) is 28.3 Å². The van der Waals surface area contributed by atoms with E-state index in [-0.39, 0.29) is 5.91 Å². The summed E-state index contributed by atoms with van der Waals surface area (Å²) < 4.78 is 19.2. The highest BCUT2D eigenvalue weighted by Gasteiger charge is 2.24. The highest BCUT2D eigenvalue weighted by molar-refractivity contribution is 6.19. The van der Waals surface area contributed by atoms with Gasteiger partial charge in [0.15, 0.2) is 0 Å². The summed E-state index contributed by atoms with van der Waals surface area (Å²) >= 11 is 0. The minimum absolute atomic E-state index is 0.282. The van der Waals surface area contributed by atoms with Crippen LogP contribution in [0, 0.1) is 0 Å². The number of carbonyl (C=O) groups excluding carboxylic acids is 2. The monoisotopic (exact) mass is 426 g/mol. The van der Waals surface area contributed by atoms with Crippen LogP contribution in [0.3, 0.4) is 0 Å². The first-order valence-corrected chi connectivity index (χ1v) is 10.1. The van der Waals surface area contributed by atoms with Crippen molar-refractivity contribution in [3.8, 4) is 22.5 Å². The van der Waals surface area contributed by atoms with Gasteiger partial charge in [-0.1, -0.05) is 42.5 Å². The van der Waals surface area contributed by atoms with Crippen molar-refractivity contribution < 1.29 is 18.4 Å². The number of H-pyrrole nitrogens is 1. The molecule has 5 aromatic rings. The Hall–Kier alpha value is -4.19. The van der Waals surface area contributed by atoms with Crippen molar-refractivity contribution in [3.05, 3.63) is 83.6 Å². The highest BCUT2D eigenvalue weighted by Crippen LogP contribution is 2.41. The van der Waals surface area contributed by atoms with Crippen molar-refractivity contribution in [1.82, 2.24) is 10.3 Å². The molecular weight excluding hydrogens is 407 g/mol. The molecule has 2 N–H and O–H groups in total. The van der Waals surface area contributed by atoms with Crippen molar-refractivity contribution in [2.24, 2.45) is 0 Å². The SMILES string of the molecule is CNC(=O)c1c(-c2ccc(CF)cc2)oc2c1cc(-c1cccc(C=O)c1)c1[nH]ccc12. The van der Waals surface area contributed by atoms with Crippen molar-refractivity contribution in [3.63, 3.8) is 0 Å². The van der Waals surface area contributed by atoms with Crippen LogP contribution in [0.5, 0.6) is 0 Å². The second kappa shape index (κ2) is 7.81. The number of aromatic nitrogens is 1. The summed E-state index contributed by atoms with van der Waals surface area (Å²) in [4.78, 5) is 27.5. The summed E-state index contributed by atoms with van der Waals surface area (Å²) in [6.45, 7) is -0.560. The molecule has 0 unspecified atom stereocenters. The molecule has 1 amide bonds. The Morgan fingerprint density at radius 1 is 1.06 bits per heavy atom. The quantitative estimate of drug-likeness (QED) is 0.344. The van der Waals surface area contributed by atoms with Crippen LogP contribution in [0.2, 0.25) is 0 Å². The molecule has 0 saturated carbocycles. The molecule has 0 saturated heterocycles. The molecule has 5 nitrogen and oxygen atoms in total. The number of aldehydes is 1. The fraction of sp³-hybridized carbons (Fsp3) is 0.0769. The summed E-state index contributed by atoms with van der Waals surface area (Å²) in [6.07, 6.45) is 2.62. The van der Waals surface area contributed by atoms with Gasteiger partial charge in [-0.3, -0.25) is 9.59 Å². The van der Waals surface area contributed by atoms with Crippen LogP contribution in [0.4, 0.5) is 4.39 Å². The van der Waals surface area contributed by atoms with E-state index in [1.54, 1.807) is 37.4 Å². The van der Waals surface area contributed by atoms with E-state index >= 15 is 0 Å². The van der Waals surface area contributed by atoms with Gasteiger partial charge in [0.05, 0.1) is 11.1 Å². The first kappa shape index (κ1) is 19.8. The van der Waals surface area contributed by atoms with E-state index < -0.39 is 6.67 Å². The molecule has 0 atom stereocenters. The fourth-order valence-corrected chi connectivity index (χ4v) is 4.09. The van der Waals surface area contributed by atoms with Gasteiger partial charge in [0.2, 0.25) is 0 Å². The Morgan fingerprint density at radius 3 is 2.59 bits per heavy atom. The zero-order valence-electron chi connectivity index (χ0n) is 17.2. The molecule has 0 aliphatic carbocycles. The summed E-state index contributed by atoms with van der Waals surface area (Å²) in [5.74, 6) is 0.141. The number of furan rings is 1. The topological polar surface area (TPSA) is 75.1 Å². The number of carbonyl (C=O) groups is 2. The van der Waals surface area contributed by atoms with Crippen LogP contribution < -0.4 is 5.32 Å². The van der Waals surface area contributed by atoms with Gasteiger partial charge in [0.1, 0.15) is 24.3 Å². The molecule has 2 aromatic heterocycles. The second-order valence-corrected chi connectivity index (χ2v) is 7.53. The third-order valence-corrected chi connectivity index (χ3v) is 5.65. The van der Waals surface area contributed by atoms with E-state index in [9.17, 15) is 14.0 Å². The normalized spacial score (nSPS) is 11.2. The number of benzene rings is 3. The van der Waals surface area contributed by atoms with Crippen LogP contribution in [0.15, 0.2) is 71.3 Å². The molecule has 0 radical (unpaired) electrons.